The van der Waals surface area contributed by atoms with Gasteiger partial charge in [0, 0.05) is 13.1 Å². The lowest BCUT2D eigenvalue weighted by Crippen LogP contribution is -2.31. The molecule has 16 heavy (non-hydrogen) atoms. The lowest BCUT2D eigenvalue weighted by atomic mass is 10.1. The Balaban J connectivity index is 2.36. The molecule has 0 aromatic heterocycles. The van der Waals surface area contributed by atoms with Crippen LogP contribution in [0.2, 0.25) is 0 Å². The van der Waals surface area contributed by atoms with E-state index in [1.165, 1.54) is 18.4 Å². The maximum Gasteiger partial charge on any atom is 0.0935 e. The van der Waals surface area contributed by atoms with Crippen molar-refractivity contribution in [2.45, 2.75) is 45.8 Å². The van der Waals surface area contributed by atoms with E-state index in [1.807, 2.05) is 30.3 Å². The summed E-state index contributed by atoms with van der Waals surface area (Å²) in [6, 6.07) is 10.8. The van der Waals surface area contributed by atoms with Crippen LogP contribution in [0.25, 0.3) is 0 Å². The smallest absolute Gasteiger partial charge is 0.0935 e. The highest BCUT2D eigenvalue weighted by Crippen LogP contribution is 2.11. The molecule has 0 saturated carbocycles. The van der Waals surface area contributed by atoms with E-state index in [-0.39, 0.29) is 0 Å². The van der Waals surface area contributed by atoms with Gasteiger partial charge in [0.15, 0.2) is 0 Å². The fourth-order valence-electron chi connectivity index (χ4n) is 1.83. The second-order valence-corrected chi connectivity index (χ2v) is 4.16. The standard InChI is InChI=1S/C14H23NO/c1-4-9-14(5-2)15(3)16-12-13-10-7-6-8-11-13/h6-8,10-11,14H,4-5,9,12H2,1-3H3. The molecule has 0 aliphatic heterocycles. The van der Waals surface area contributed by atoms with E-state index in [9.17, 15) is 0 Å². The van der Waals surface area contributed by atoms with Crippen molar-refractivity contribution >= 4 is 0 Å². The van der Waals surface area contributed by atoms with Crippen LogP contribution in [0.3, 0.4) is 0 Å². The minimum Gasteiger partial charge on any atom is -0.294 e. The zero-order valence-electron chi connectivity index (χ0n) is 10.6. The van der Waals surface area contributed by atoms with Crippen LogP contribution in [0.4, 0.5) is 0 Å². The second-order valence-electron chi connectivity index (χ2n) is 4.16. The van der Waals surface area contributed by atoms with Gasteiger partial charge in [0.1, 0.15) is 0 Å². The van der Waals surface area contributed by atoms with Crippen molar-refractivity contribution in [3.63, 3.8) is 0 Å². The molecule has 0 spiro atoms. The first-order valence-electron chi connectivity index (χ1n) is 6.17. The van der Waals surface area contributed by atoms with Gasteiger partial charge in [0.2, 0.25) is 0 Å². The van der Waals surface area contributed by atoms with Crippen LogP contribution in [0.5, 0.6) is 0 Å². The lowest BCUT2D eigenvalue weighted by molar-refractivity contribution is -0.180. The molecule has 0 heterocycles. The Hall–Kier alpha value is -0.860. The molecule has 0 amide bonds. The minimum absolute atomic E-state index is 0.536. The fraction of sp³-hybridized carbons (Fsp3) is 0.571. The maximum atomic E-state index is 5.77. The number of hydrogen-bond acceptors (Lipinski definition) is 2. The molecule has 0 fully saturated rings. The van der Waals surface area contributed by atoms with E-state index in [0.717, 1.165) is 6.42 Å². The van der Waals surface area contributed by atoms with Crippen molar-refractivity contribution in [2.75, 3.05) is 7.05 Å². The molecule has 1 atom stereocenters. The van der Waals surface area contributed by atoms with Gasteiger partial charge in [-0.3, -0.25) is 4.84 Å². The molecule has 2 heteroatoms. The summed E-state index contributed by atoms with van der Waals surface area (Å²) in [5.41, 5.74) is 1.22. The predicted octanol–water partition coefficient (Wildman–Crippen LogP) is 3.63. The first-order valence-corrected chi connectivity index (χ1v) is 6.17. The Bertz CT molecular complexity index is 273. The van der Waals surface area contributed by atoms with Crippen molar-refractivity contribution in [1.29, 1.82) is 0 Å². The van der Waals surface area contributed by atoms with Crippen LogP contribution in [0.1, 0.15) is 38.7 Å². The van der Waals surface area contributed by atoms with Gasteiger partial charge in [0.05, 0.1) is 6.61 Å². The zero-order valence-corrected chi connectivity index (χ0v) is 10.6. The number of hydrogen-bond donors (Lipinski definition) is 0. The van der Waals surface area contributed by atoms with Gasteiger partial charge in [0.25, 0.3) is 0 Å². The third kappa shape index (κ3) is 4.33. The molecular formula is C14H23NO. The molecule has 0 aliphatic rings. The Morgan fingerprint density at radius 1 is 1.19 bits per heavy atom. The molecule has 1 rings (SSSR count). The molecule has 0 N–H and O–H groups in total. The normalized spacial score (nSPS) is 13.0. The molecule has 0 bridgehead atoms. The van der Waals surface area contributed by atoms with E-state index in [1.54, 1.807) is 0 Å². The summed E-state index contributed by atoms with van der Waals surface area (Å²) in [7, 11) is 2.03. The summed E-state index contributed by atoms with van der Waals surface area (Å²) in [6.45, 7) is 5.09. The van der Waals surface area contributed by atoms with Gasteiger partial charge in [-0.05, 0) is 18.4 Å². The third-order valence-electron chi connectivity index (χ3n) is 2.89. The average Bonchev–Trinajstić information content (AvgIpc) is 2.34. The second kappa shape index (κ2) is 7.42. The molecule has 0 radical (unpaired) electrons. The molecule has 90 valence electrons. The lowest BCUT2D eigenvalue weighted by Gasteiger charge is -2.26. The van der Waals surface area contributed by atoms with E-state index >= 15 is 0 Å². The maximum absolute atomic E-state index is 5.77. The summed E-state index contributed by atoms with van der Waals surface area (Å²) >= 11 is 0. The van der Waals surface area contributed by atoms with E-state index in [0.29, 0.717) is 12.6 Å². The molecule has 1 unspecified atom stereocenters. The van der Waals surface area contributed by atoms with Crippen LogP contribution in [-0.2, 0) is 11.4 Å². The van der Waals surface area contributed by atoms with Crippen LogP contribution in [0, 0.1) is 0 Å². The van der Waals surface area contributed by atoms with Gasteiger partial charge >= 0.3 is 0 Å². The topological polar surface area (TPSA) is 12.5 Å². The zero-order chi connectivity index (χ0) is 11.8. The Morgan fingerprint density at radius 3 is 2.44 bits per heavy atom. The van der Waals surface area contributed by atoms with Crippen LogP contribution in [0.15, 0.2) is 30.3 Å². The molecule has 1 aromatic rings. The first kappa shape index (κ1) is 13.2. The monoisotopic (exact) mass is 221 g/mol. The van der Waals surface area contributed by atoms with Crippen molar-refractivity contribution in [1.82, 2.24) is 5.06 Å². The highest BCUT2D eigenvalue weighted by molar-refractivity contribution is 5.13. The van der Waals surface area contributed by atoms with Crippen molar-refractivity contribution in [3.8, 4) is 0 Å². The Kier molecular flexibility index (Phi) is 6.12. The largest absolute Gasteiger partial charge is 0.294 e. The van der Waals surface area contributed by atoms with E-state index < -0.39 is 0 Å². The van der Waals surface area contributed by atoms with Gasteiger partial charge in [-0.15, -0.1) is 0 Å². The average molecular weight is 221 g/mol. The minimum atomic E-state index is 0.536. The highest BCUT2D eigenvalue weighted by atomic mass is 16.7. The van der Waals surface area contributed by atoms with Crippen LogP contribution < -0.4 is 0 Å². The van der Waals surface area contributed by atoms with E-state index in [2.05, 4.69) is 26.0 Å². The molecule has 0 aliphatic carbocycles. The number of benzene rings is 1. The third-order valence-corrected chi connectivity index (χ3v) is 2.89. The highest BCUT2D eigenvalue weighted by Gasteiger charge is 2.11. The van der Waals surface area contributed by atoms with Gasteiger partial charge in [-0.1, -0.05) is 50.6 Å². The fourth-order valence-corrected chi connectivity index (χ4v) is 1.83. The SMILES string of the molecule is CCCC(CC)N(C)OCc1ccccc1. The number of rotatable bonds is 7. The van der Waals surface area contributed by atoms with Crippen molar-refractivity contribution in [2.24, 2.45) is 0 Å². The summed E-state index contributed by atoms with van der Waals surface area (Å²) < 4.78 is 0. The number of nitrogens with zero attached hydrogens (tertiary/aromatic N) is 1. The molecule has 2 nitrogen and oxygen atoms in total. The Labute approximate surface area is 99.2 Å². The van der Waals surface area contributed by atoms with Crippen molar-refractivity contribution < 1.29 is 4.84 Å². The van der Waals surface area contributed by atoms with Crippen molar-refractivity contribution in [3.05, 3.63) is 35.9 Å². The van der Waals surface area contributed by atoms with Gasteiger partial charge in [-0.25, -0.2) is 0 Å². The van der Waals surface area contributed by atoms with Crippen LogP contribution in [-0.4, -0.2) is 18.2 Å². The summed E-state index contributed by atoms with van der Waals surface area (Å²) in [5.74, 6) is 0. The summed E-state index contributed by atoms with van der Waals surface area (Å²) in [4.78, 5) is 5.77. The molecular weight excluding hydrogens is 198 g/mol. The molecule has 0 saturated heterocycles. The van der Waals surface area contributed by atoms with Crippen LogP contribution >= 0.6 is 0 Å². The summed E-state index contributed by atoms with van der Waals surface area (Å²) in [5, 5.41) is 2.01. The summed E-state index contributed by atoms with van der Waals surface area (Å²) in [6.07, 6.45) is 3.54. The van der Waals surface area contributed by atoms with E-state index in [4.69, 9.17) is 4.84 Å². The van der Waals surface area contributed by atoms with Gasteiger partial charge < -0.3 is 0 Å². The first-order chi connectivity index (χ1) is 7.77. The Morgan fingerprint density at radius 2 is 1.88 bits per heavy atom. The number of hydroxylamine groups is 2. The molecule has 1 aromatic carbocycles. The van der Waals surface area contributed by atoms with Gasteiger partial charge in [-0.2, -0.15) is 5.06 Å². The predicted molar refractivity (Wildman–Crippen MR) is 68.0 cm³/mol. The quantitative estimate of drug-likeness (QED) is 0.652.